The van der Waals surface area contributed by atoms with E-state index in [9.17, 15) is 9.59 Å². The molecule has 0 unspecified atom stereocenters. The molecule has 0 saturated carbocycles. The van der Waals surface area contributed by atoms with E-state index in [1.807, 2.05) is 30.3 Å². The summed E-state index contributed by atoms with van der Waals surface area (Å²) in [5.41, 5.74) is 1.50. The summed E-state index contributed by atoms with van der Waals surface area (Å²) < 4.78 is 0. The minimum Gasteiger partial charge on any atom is -0.481 e. The number of carbonyl (C=O) groups is 2. The molecule has 1 saturated heterocycles. The number of hydrogen-bond acceptors (Lipinski definition) is 2. The minimum absolute atomic E-state index is 0.0576. The van der Waals surface area contributed by atoms with Crippen LogP contribution in [-0.2, 0) is 4.79 Å². The number of H-pyrrole nitrogens is 1. The van der Waals surface area contributed by atoms with Gasteiger partial charge in [-0.25, -0.2) is 0 Å². The third kappa shape index (κ3) is 2.19. The summed E-state index contributed by atoms with van der Waals surface area (Å²) in [4.78, 5) is 27.5. The quantitative estimate of drug-likeness (QED) is 0.880. The van der Waals surface area contributed by atoms with E-state index in [4.69, 9.17) is 5.11 Å². The van der Waals surface area contributed by atoms with Gasteiger partial charge in [0.25, 0.3) is 5.91 Å². The third-order valence-electron chi connectivity index (χ3n) is 3.47. The Bertz CT molecular complexity index is 608. The van der Waals surface area contributed by atoms with Gasteiger partial charge in [0, 0.05) is 29.9 Å². The molecule has 1 fully saturated rings. The van der Waals surface area contributed by atoms with Crippen molar-refractivity contribution in [3.8, 4) is 0 Å². The summed E-state index contributed by atoms with van der Waals surface area (Å²) in [6.07, 6.45) is 0.135. The van der Waals surface area contributed by atoms with Gasteiger partial charge < -0.3 is 15.0 Å². The SMILES string of the molecule is O=C(O)CC1CN(C(=O)c2cc3ccccc3[nH]2)C1. The lowest BCUT2D eigenvalue weighted by Gasteiger charge is -2.38. The predicted octanol–water partition coefficient (Wildman–Crippen LogP) is 1.71. The van der Waals surface area contributed by atoms with Gasteiger partial charge in [-0.2, -0.15) is 0 Å². The normalized spacial score (nSPS) is 15.5. The second-order valence-electron chi connectivity index (χ2n) is 4.94. The van der Waals surface area contributed by atoms with Crippen LogP contribution in [0.3, 0.4) is 0 Å². The molecule has 2 N–H and O–H groups in total. The van der Waals surface area contributed by atoms with Gasteiger partial charge in [0.15, 0.2) is 0 Å². The van der Waals surface area contributed by atoms with Crippen LogP contribution < -0.4 is 0 Å². The molecule has 0 radical (unpaired) electrons. The van der Waals surface area contributed by atoms with Gasteiger partial charge in [0.2, 0.25) is 0 Å². The molecule has 1 amide bonds. The molecule has 0 aliphatic carbocycles. The number of amides is 1. The molecule has 0 atom stereocenters. The summed E-state index contributed by atoms with van der Waals surface area (Å²) >= 11 is 0. The Morgan fingerprint density at radius 3 is 2.74 bits per heavy atom. The van der Waals surface area contributed by atoms with Crippen molar-refractivity contribution in [1.82, 2.24) is 9.88 Å². The monoisotopic (exact) mass is 258 g/mol. The zero-order valence-corrected chi connectivity index (χ0v) is 10.3. The smallest absolute Gasteiger partial charge is 0.303 e. The number of para-hydroxylation sites is 1. The average Bonchev–Trinajstić information content (AvgIpc) is 2.75. The predicted molar refractivity (Wildman–Crippen MR) is 69.9 cm³/mol. The Morgan fingerprint density at radius 2 is 2.05 bits per heavy atom. The number of benzene rings is 1. The molecule has 3 rings (SSSR count). The zero-order chi connectivity index (χ0) is 13.4. The second-order valence-corrected chi connectivity index (χ2v) is 4.94. The number of carboxylic acid groups (broad SMARTS) is 1. The largest absolute Gasteiger partial charge is 0.481 e. The summed E-state index contributed by atoms with van der Waals surface area (Å²) in [7, 11) is 0. The number of likely N-dealkylation sites (tertiary alicyclic amines) is 1. The lowest BCUT2D eigenvalue weighted by Crippen LogP contribution is -2.50. The number of hydrogen-bond donors (Lipinski definition) is 2. The van der Waals surface area contributed by atoms with E-state index in [-0.39, 0.29) is 18.2 Å². The maximum Gasteiger partial charge on any atom is 0.303 e. The highest BCUT2D eigenvalue weighted by molar-refractivity contribution is 5.98. The first-order valence-corrected chi connectivity index (χ1v) is 6.22. The van der Waals surface area contributed by atoms with Gasteiger partial charge in [-0.15, -0.1) is 0 Å². The van der Waals surface area contributed by atoms with Crippen molar-refractivity contribution >= 4 is 22.8 Å². The fourth-order valence-corrected chi connectivity index (χ4v) is 2.47. The average molecular weight is 258 g/mol. The van der Waals surface area contributed by atoms with Gasteiger partial charge in [-0.1, -0.05) is 18.2 Å². The van der Waals surface area contributed by atoms with Crippen LogP contribution in [0.4, 0.5) is 0 Å². The number of aromatic amines is 1. The number of nitrogens with zero attached hydrogens (tertiary/aromatic N) is 1. The van der Waals surface area contributed by atoms with Crippen molar-refractivity contribution < 1.29 is 14.7 Å². The van der Waals surface area contributed by atoms with Crippen molar-refractivity contribution in [2.24, 2.45) is 5.92 Å². The highest BCUT2D eigenvalue weighted by Gasteiger charge is 2.33. The molecule has 1 aromatic heterocycles. The van der Waals surface area contributed by atoms with Crippen LogP contribution in [0.2, 0.25) is 0 Å². The summed E-state index contributed by atoms with van der Waals surface area (Å²) in [6.45, 7) is 1.06. The van der Waals surface area contributed by atoms with Crippen LogP contribution in [0.5, 0.6) is 0 Å². The molecular formula is C14H14N2O3. The van der Waals surface area contributed by atoms with Crippen LogP contribution in [-0.4, -0.2) is 40.0 Å². The third-order valence-corrected chi connectivity index (χ3v) is 3.47. The topological polar surface area (TPSA) is 73.4 Å². The fourth-order valence-electron chi connectivity index (χ4n) is 2.47. The van der Waals surface area contributed by atoms with Crippen LogP contribution >= 0.6 is 0 Å². The van der Waals surface area contributed by atoms with Gasteiger partial charge in [-0.05, 0) is 12.1 Å². The Labute approximate surface area is 109 Å². The van der Waals surface area contributed by atoms with Crippen LogP contribution in [0.15, 0.2) is 30.3 Å². The first-order chi connectivity index (χ1) is 9.13. The number of rotatable bonds is 3. The Balaban J connectivity index is 1.70. The van der Waals surface area contributed by atoms with Crippen LogP contribution in [0, 0.1) is 5.92 Å². The standard InChI is InChI=1S/C14H14N2O3/c17-13(18)5-9-7-16(8-9)14(19)12-6-10-3-1-2-4-11(10)15-12/h1-4,6,9,15H,5,7-8H2,(H,17,18). The highest BCUT2D eigenvalue weighted by Crippen LogP contribution is 2.23. The van der Waals surface area contributed by atoms with Crippen molar-refractivity contribution in [3.63, 3.8) is 0 Å². The number of aliphatic carboxylic acids is 1. The van der Waals surface area contributed by atoms with Crippen molar-refractivity contribution in [3.05, 3.63) is 36.0 Å². The van der Waals surface area contributed by atoms with Gasteiger partial charge in [-0.3, -0.25) is 9.59 Å². The lowest BCUT2D eigenvalue weighted by atomic mass is 9.96. The summed E-state index contributed by atoms with van der Waals surface area (Å²) in [6, 6.07) is 9.56. The number of carbonyl (C=O) groups excluding carboxylic acids is 1. The molecule has 0 bridgehead atoms. The summed E-state index contributed by atoms with van der Waals surface area (Å²) in [5, 5.41) is 9.68. The summed E-state index contributed by atoms with van der Waals surface area (Å²) in [5.74, 6) is -0.772. The van der Waals surface area contributed by atoms with Gasteiger partial charge in [0.1, 0.15) is 5.69 Å². The maximum atomic E-state index is 12.2. The number of aromatic nitrogens is 1. The fraction of sp³-hybridized carbons (Fsp3) is 0.286. The lowest BCUT2D eigenvalue weighted by molar-refractivity contribution is -0.139. The Morgan fingerprint density at radius 1 is 1.32 bits per heavy atom. The second kappa shape index (κ2) is 4.42. The van der Waals surface area contributed by atoms with Crippen LogP contribution in [0.1, 0.15) is 16.9 Å². The first-order valence-electron chi connectivity index (χ1n) is 6.22. The number of carboxylic acids is 1. The highest BCUT2D eigenvalue weighted by atomic mass is 16.4. The molecule has 5 nitrogen and oxygen atoms in total. The van der Waals surface area contributed by atoms with Gasteiger partial charge in [0.05, 0.1) is 6.42 Å². The van der Waals surface area contributed by atoms with Crippen LogP contribution in [0.25, 0.3) is 10.9 Å². The molecule has 0 spiro atoms. The number of fused-ring (bicyclic) bond motifs is 1. The minimum atomic E-state index is -0.803. The van der Waals surface area contributed by atoms with E-state index in [0.29, 0.717) is 18.8 Å². The van der Waals surface area contributed by atoms with E-state index in [1.165, 1.54) is 0 Å². The molecular weight excluding hydrogens is 244 g/mol. The molecule has 2 aromatic rings. The molecule has 2 heterocycles. The first kappa shape index (κ1) is 11.8. The van der Waals surface area contributed by atoms with E-state index >= 15 is 0 Å². The van der Waals surface area contributed by atoms with Crippen molar-refractivity contribution in [2.75, 3.05) is 13.1 Å². The van der Waals surface area contributed by atoms with E-state index in [1.54, 1.807) is 4.90 Å². The molecule has 1 aliphatic rings. The molecule has 98 valence electrons. The molecule has 5 heteroatoms. The van der Waals surface area contributed by atoms with Crippen molar-refractivity contribution in [2.45, 2.75) is 6.42 Å². The molecule has 19 heavy (non-hydrogen) atoms. The zero-order valence-electron chi connectivity index (χ0n) is 10.3. The van der Waals surface area contributed by atoms with E-state index in [2.05, 4.69) is 4.98 Å². The molecule has 1 aliphatic heterocycles. The maximum absolute atomic E-state index is 12.2. The molecule has 1 aromatic carbocycles. The van der Waals surface area contributed by atoms with Crippen molar-refractivity contribution in [1.29, 1.82) is 0 Å². The van der Waals surface area contributed by atoms with E-state index in [0.717, 1.165) is 10.9 Å². The van der Waals surface area contributed by atoms with Gasteiger partial charge >= 0.3 is 5.97 Å². The Kier molecular flexibility index (Phi) is 2.74. The Hall–Kier alpha value is -2.30. The number of nitrogens with one attached hydrogen (secondary N) is 1. The van der Waals surface area contributed by atoms with E-state index < -0.39 is 5.97 Å².